The van der Waals surface area contributed by atoms with E-state index < -0.39 is 5.97 Å². The van der Waals surface area contributed by atoms with Gasteiger partial charge < -0.3 is 14.3 Å². The van der Waals surface area contributed by atoms with Crippen molar-refractivity contribution in [3.05, 3.63) is 35.1 Å². The van der Waals surface area contributed by atoms with Crippen LogP contribution in [0.25, 0.3) is 11.0 Å². The molecule has 0 amide bonds. The number of carboxylic acids is 1. The van der Waals surface area contributed by atoms with Crippen LogP contribution in [0.4, 0.5) is 0 Å². The summed E-state index contributed by atoms with van der Waals surface area (Å²) in [7, 11) is 1.54. The van der Waals surface area contributed by atoms with Crippen molar-refractivity contribution in [3.8, 4) is 0 Å². The zero-order valence-corrected chi connectivity index (χ0v) is 10.7. The second-order valence-corrected chi connectivity index (χ2v) is 4.56. The normalized spacial score (nSPS) is 11.3. The molecule has 4 nitrogen and oxygen atoms in total. The molecule has 4 heteroatoms. The molecule has 1 aromatic carbocycles. The number of benzene rings is 1. The second-order valence-electron chi connectivity index (χ2n) is 4.56. The number of methoxy groups -OCH3 is 1. The van der Waals surface area contributed by atoms with Gasteiger partial charge in [0.05, 0.1) is 6.61 Å². The summed E-state index contributed by atoms with van der Waals surface area (Å²) in [5.41, 5.74) is 2.34. The Labute approximate surface area is 105 Å². The van der Waals surface area contributed by atoms with Gasteiger partial charge in [-0.1, -0.05) is 19.9 Å². The number of furan rings is 1. The highest BCUT2D eigenvalue weighted by Crippen LogP contribution is 2.29. The van der Waals surface area contributed by atoms with Gasteiger partial charge in [0.1, 0.15) is 5.58 Å². The monoisotopic (exact) mass is 248 g/mol. The van der Waals surface area contributed by atoms with Crippen molar-refractivity contribution >= 4 is 16.9 Å². The summed E-state index contributed by atoms with van der Waals surface area (Å²) in [4.78, 5) is 11.1. The van der Waals surface area contributed by atoms with Crippen LogP contribution in [0.3, 0.4) is 0 Å². The molecule has 1 aromatic heterocycles. The average molecular weight is 248 g/mol. The lowest BCUT2D eigenvalue weighted by molar-refractivity contribution is 0.0658. The summed E-state index contributed by atoms with van der Waals surface area (Å²) < 4.78 is 10.4. The molecule has 2 aromatic rings. The third kappa shape index (κ3) is 2.11. The predicted molar refractivity (Wildman–Crippen MR) is 68.0 cm³/mol. The van der Waals surface area contributed by atoms with Crippen LogP contribution in [0.1, 0.15) is 41.4 Å². The number of hydrogen-bond acceptors (Lipinski definition) is 3. The van der Waals surface area contributed by atoms with Crippen LogP contribution in [-0.4, -0.2) is 18.2 Å². The topological polar surface area (TPSA) is 59.7 Å². The standard InChI is InChI=1S/C14H16O4/c1-8(2)9-4-5-12-10(6-9)11(7-17-3)13(18-12)14(15)16/h4-6,8H,7H2,1-3H3,(H,15,16). The van der Waals surface area contributed by atoms with Gasteiger partial charge in [0.15, 0.2) is 0 Å². The zero-order chi connectivity index (χ0) is 13.3. The van der Waals surface area contributed by atoms with E-state index in [0.717, 1.165) is 10.9 Å². The molecular formula is C14H16O4. The predicted octanol–water partition coefficient (Wildman–Crippen LogP) is 3.40. The Balaban J connectivity index is 2.67. The molecule has 0 atom stereocenters. The van der Waals surface area contributed by atoms with Crippen LogP contribution in [0, 0.1) is 0 Å². The first-order chi connectivity index (χ1) is 8.54. The van der Waals surface area contributed by atoms with Gasteiger partial charge in [-0.05, 0) is 23.6 Å². The van der Waals surface area contributed by atoms with Gasteiger partial charge >= 0.3 is 5.97 Å². The van der Waals surface area contributed by atoms with Gasteiger partial charge in [0.25, 0.3) is 0 Å². The Morgan fingerprint density at radius 3 is 2.72 bits per heavy atom. The number of ether oxygens (including phenoxy) is 1. The molecule has 0 aliphatic heterocycles. The van der Waals surface area contributed by atoms with Crippen molar-refractivity contribution in [2.45, 2.75) is 26.4 Å². The van der Waals surface area contributed by atoms with Crippen LogP contribution >= 0.6 is 0 Å². The highest BCUT2D eigenvalue weighted by atomic mass is 16.5. The Morgan fingerprint density at radius 2 is 2.17 bits per heavy atom. The minimum atomic E-state index is -1.07. The molecular weight excluding hydrogens is 232 g/mol. The molecule has 1 heterocycles. The summed E-state index contributed by atoms with van der Waals surface area (Å²) in [6.45, 7) is 4.42. The molecule has 0 saturated carbocycles. The third-order valence-corrected chi connectivity index (χ3v) is 2.96. The fourth-order valence-corrected chi connectivity index (χ4v) is 1.99. The van der Waals surface area contributed by atoms with Gasteiger partial charge in [-0.25, -0.2) is 4.79 Å². The van der Waals surface area contributed by atoms with E-state index in [1.54, 1.807) is 0 Å². The summed E-state index contributed by atoms with van der Waals surface area (Å²) in [6, 6.07) is 5.75. The highest BCUT2D eigenvalue weighted by molar-refractivity contribution is 5.95. The van der Waals surface area contributed by atoms with Crippen molar-refractivity contribution in [2.24, 2.45) is 0 Å². The summed E-state index contributed by atoms with van der Waals surface area (Å²) in [5, 5.41) is 9.94. The van der Waals surface area contributed by atoms with E-state index in [2.05, 4.69) is 13.8 Å². The van der Waals surface area contributed by atoms with Crippen molar-refractivity contribution < 1.29 is 19.1 Å². The molecule has 2 rings (SSSR count). The maximum atomic E-state index is 11.1. The molecule has 0 spiro atoms. The number of fused-ring (bicyclic) bond motifs is 1. The summed E-state index contributed by atoms with van der Waals surface area (Å²) in [6.07, 6.45) is 0. The molecule has 0 unspecified atom stereocenters. The number of aromatic carboxylic acids is 1. The molecule has 0 bridgehead atoms. The molecule has 0 aliphatic carbocycles. The van der Waals surface area contributed by atoms with Crippen LogP contribution < -0.4 is 0 Å². The van der Waals surface area contributed by atoms with E-state index in [0.29, 0.717) is 17.1 Å². The van der Waals surface area contributed by atoms with Crippen molar-refractivity contribution in [2.75, 3.05) is 7.11 Å². The molecule has 0 radical (unpaired) electrons. The fourth-order valence-electron chi connectivity index (χ4n) is 1.99. The van der Waals surface area contributed by atoms with Crippen LogP contribution in [-0.2, 0) is 11.3 Å². The highest BCUT2D eigenvalue weighted by Gasteiger charge is 2.20. The van der Waals surface area contributed by atoms with Gasteiger partial charge in [-0.3, -0.25) is 0 Å². The van der Waals surface area contributed by atoms with Gasteiger partial charge in [0.2, 0.25) is 5.76 Å². The minimum absolute atomic E-state index is 0.0345. The number of rotatable bonds is 4. The largest absolute Gasteiger partial charge is 0.475 e. The molecule has 0 aliphatic rings. The van der Waals surface area contributed by atoms with Crippen molar-refractivity contribution in [1.82, 2.24) is 0 Å². The van der Waals surface area contributed by atoms with Gasteiger partial charge in [-0.15, -0.1) is 0 Å². The van der Waals surface area contributed by atoms with E-state index in [4.69, 9.17) is 14.3 Å². The minimum Gasteiger partial charge on any atom is -0.475 e. The lowest BCUT2D eigenvalue weighted by Gasteiger charge is -2.05. The molecule has 96 valence electrons. The number of carboxylic acid groups (broad SMARTS) is 1. The van der Waals surface area contributed by atoms with E-state index in [-0.39, 0.29) is 12.4 Å². The second kappa shape index (κ2) is 4.82. The maximum Gasteiger partial charge on any atom is 0.372 e. The van der Waals surface area contributed by atoms with E-state index in [9.17, 15) is 4.79 Å². The van der Waals surface area contributed by atoms with E-state index >= 15 is 0 Å². The average Bonchev–Trinajstić information content (AvgIpc) is 2.68. The fraction of sp³-hybridized carbons (Fsp3) is 0.357. The van der Waals surface area contributed by atoms with Gasteiger partial charge in [0, 0.05) is 18.1 Å². The Morgan fingerprint density at radius 1 is 1.44 bits per heavy atom. The van der Waals surface area contributed by atoms with Crippen molar-refractivity contribution in [1.29, 1.82) is 0 Å². The van der Waals surface area contributed by atoms with Crippen LogP contribution in [0.5, 0.6) is 0 Å². The van der Waals surface area contributed by atoms with Crippen molar-refractivity contribution in [3.63, 3.8) is 0 Å². The Hall–Kier alpha value is -1.81. The SMILES string of the molecule is COCc1c(C(=O)O)oc2ccc(C(C)C)cc12. The first-order valence-electron chi connectivity index (χ1n) is 5.82. The molecule has 0 fully saturated rings. The smallest absolute Gasteiger partial charge is 0.372 e. The zero-order valence-electron chi connectivity index (χ0n) is 10.7. The quantitative estimate of drug-likeness (QED) is 0.900. The lowest BCUT2D eigenvalue weighted by Crippen LogP contribution is -2.00. The lowest BCUT2D eigenvalue weighted by atomic mass is 10.0. The first kappa shape index (κ1) is 12.6. The third-order valence-electron chi connectivity index (χ3n) is 2.96. The summed E-state index contributed by atoms with van der Waals surface area (Å²) in [5.74, 6) is -0.718. The van der Waals surface area contributed by atoms with Crippen LogP contribution in [0.2, 0.25) is 0 Å². The van der Waals surface area contributed by atoms with Crippen LogP contribution in [0.15, 0.2) is 22.6 Å². The van der Waals surface area contributed by atoms with E-state index in [1.165, 1.54) is 7.11 Å². The Kier molecular flexibility index (Phi) is 3.39. The Bertz CT molecular complexity index is 581. The summed E-state index contributed by atoms with van der Waals surface area (Å²) >= 11 is 0. The van der Waals surface area contributed by atoms with Gasteiger partial charge in [-0.2, -0.15) is 0 Å². The molecule has 1 N–H and O–H groups in total. The van der Waals surface area contributed by atoms with E-state index in [1.807, 2.05) is 18.2 Å². The first-order valence-corrected chi connectivity index (χ1v) is 5.82. The molecule has 0 saturated heterocycles. The number of carbonyl (C=O) groups is 1. The maximum absolute atomic E-state index is 11.1. The number of hydrogen-bond donors (Lipinski definition) is 1. The molecule has 18 heavy (non-hydrogen) atoms.